The Morgan fingerprint density at radius 2 is 1.67 bits per heavy atom. The van der Waals surface area contributed by atoms with E-state index in [1.165, 1.54) is 4.90 Å². The first kappa shape index (κ1) is 16.6. The average Bonchev–Trinajstić information content (AvgIpc) is 3.18. The summed E-state index contributed by atoms with van der Waals surface area (Å²) in [4.78, 5) is 29.2. The van der Waals surface area contributed by atoms with E-state index in [1.807, 2.05) is 38.1 Å². The van der Waals surface area contributed by atoms with Crippen LogP contribution in [-0.2, 0) is 9.59 Å². The van der Waals surface area contributed by atoms with Crippen molar-refractivity contribution in [3.05, 3.63) is 35.5 Å². The van der Waals surface area contributed by atoms with Crippen molar-refractivity contribution in [2.24, 2.45) is 0 Å². The molecule has 1 saturated heterocycles. The highest BCUT2D eigenvalue weighted by atomic mass is 16.5. The van der Waals surface area contributed by atoms with Crippen molar-refractivity contribution in [3.63, 3.8) is 0 Å². The van der Waals surface area contributed by atoms with Gasteiger partial charge >= 0.3 is 0 Å². The molecule has 0 bridgehead atoms. The van der Waals surface area contributed by atoms with Crippen LogP contribution in [0.15, 0.2) is 30.0 Å². The molecule has 1 aromatic rings. The number of carbonyl (C=O) groups is 2. The maximum absolute atomic E-state index is 12.9. The average molecular weight is 328 g/mol. The molecule has 0 N–H and O–H groups in total. The first-order valence-corrected chi connectivity index (χ1v) is 8.76. The molecule has 5 nitrogen and oxygen atoms in total. The van der Waals surface area contributed by atoms with Gasteiger partial charge in [0.05, 0.1) is 12.2 Å². The molecule has 0 aliphatic carbocycles. The minimum atomic E-state index is -0.173. The molecule has 0 spiro atoms. The molecule has 5 heteroatoms. The number of amides is 2. The third-order valence-corrected chi connectivity index (χ3v) is 4.47. The van der Waals surface area contributed by atoms with Crippen molar-refractivity contribution >= 4 is 17.4 Å². The van der Waals surface area contributed by atoms with E-state index in [2.05, 4.69) is 4.90 Å². The van der Waals surface area contributed by atoms with Crippen LogP contribution in [0.4, 0.5) is 0 Å². The van der Waals surface area contributed by atoms with Gasteiger partial charge in [0.15, 0.2) is 0 Å². The molecule has 24 heavy (non-hydrogen) atoms. The number of ether oxygens (including phenoxy) is 1. The molecule has 128 valence electrons. The number of nitrogens with zero attached hydrogens (tertiary/aromatic N) is 2. The van der Waals surface area contributed by atoms with Crippen LogP contribution < -0.4 is 4.74 Å². The zero-order valence-corrected chi connectivity index (χ0v) is 14.4. The zero-order valence-electron chi connectivity index (χ0n) is 14.4. The van der Waals surface area contributed by atoms with E-state index in [0.717, 1.165) is 43.7 Å². The van der Waals surface area contributed by atoms with Crippen molar-refractivity contribution in [2.45, 2.75) is 33.1 Å². The van der Waals surface area contributed by atoms with Crippen LogP contribution in [0.3, 0.4) is 0 Å². The van der Waals surface area contributed by atoms with Crippen LogP contribution in [0.5, 0.6) is 5.75 Å². The van der Waals surface area contributed by atoms with Gasteiger partial charge in [-0.15, -0.1) is 0 Å². The molecule has 3 rings (SSSR count). The monoisotopic (exact) mass is 328 g/mol. The SMILES string of the molecule is CCCN1C(=O)C(c2ccc(OCC)cc2)=C(N2CCCC2)C1=O. The molecule has 0 radical (unpaired) electrons. The van der Waals surface area contributed by atoms with Crippen LogP contribution >= 0.6 is 0 Å². The van der Waals surface area contributed by atoms with Gasteiger partial charge in [-0.3, -0.25) is 14.5 Å². The molecule has 2 heterocycles. The third kappa shape index (κ3) is 2.90. The minimum Gasteiger partial charge on any atom is -0.494 e. The molecule has 2 aliphatic heterocycles. The Balaban J connectivity index is 2.01. The summed E-state index contributed by atoms with van der Waals surface area (Å²) in [6, 6.07) is 7.45. The number of hydrogen-bond acceptors (Lipinski definition) is 4. The first-order valence-electron chi connectivity index (χ1n) is 8.76. The number of likely N-dealkylation sites (tertiary alicyclic amines) is 1. The van der Waals surface area contributed by atoms with E-state index >= 15 is 0 Å². The fourth-order valence-electron chi connectivity index (χ4n) is 3.37. The summed E-state index contributed by atoms with van der Waals surface area (Å²) in [6.45, 7) is 6.66. The lowest BCUT2D eigenvalue weighted by molar-refractivity contribution is -0.137. The maximum Gasteiger partial charge on any atom is 0.277 e. The third-order valence-electron chi connectivity index (χ3n) is 4.47. The summed E-state index contributed by atoms with van der Waals surface area (Å²) >= 11 is 0. The Bertz CT molecular complexity index is 658. The van der Waals surface area contributed by atoms with Crippen molar-refractivity contribution in [1.82, 2.24) is 9.80 Å². The summed E-state index contributed by atoms with van der Waals surface area (Å²) in [5.41, 5.74) is 1.91. The van der Waals surface area contributed by atoms with Crippen molar-refractivity contribution in [1.29, 1.82) is 0 Å². The Kier molecular flexibility index (Phi) is 4.88. The van der Waals surface area contributed by atoms with Gasteiger partial charge in [0.25, 0.3) is 11.8 Å². The highest BCUT2D eigenvalue weighted by Gasteiger charge is 2.41. The van der Waals surface area contributed by atoms with Crippen LogP contribution in [-0.4, -0.2) is 47.9 Å². The number of benzene rings is 1. The topological polar surface area (TPSA) is 49.9 Å². The Hall–Kier alpha value is -2.30. The van der Waals surface area contributed by atoms with Crippen molar-refractivity contribution < 1.29 is 14.3 Å². The number of rotatable bonds is 6. The number of carbonyl (C=O) groups excluding carboxylic acids is 2. The predicted octanol–water partition coefficient (Wildman–Crippen LogP) is 2.67. The second-order valence-corrected chi connectivity index (χ2v) is 6.14. The van der Waals surface area contributed by atoms with E-state index in [9.17, 15) is 9.59 Å². The molecular formula is C19H24N2O3. The summed E-state index contributed by atoms with van der Waals surface area (Å²) < 4.78 is 5.47. The highest BCUT2D eigenvalue weighted by molar-refractivity contribution is 6.35. The second-order valence-electron chi connectivity index (χ2n) is 6.14. The van der Waals surface area contributed by atoms with E-state index < -0.39 is 0 Å². The van der Waals surface area contributed by atoms with Crippen LogP contribution in [0.25, 0.3) is 5.57 Å². The lowest BCUT2D eigenvalue weighted by atomic mass is 10.0. The Labute approximate surface area is 142 Å². The number of hydrogen-bond donors (Lipinski definition) is 0. The molecule has 2 amide bonds. The van der Waals surface area contributed by atoms with Crippen molar-refractivity contribution in [3.8, 4) is 5.75 Å². The quantitative estimate of drug-likeness (QED) is 0.753. The molecule has 0 saturated carbocycles. The molecular weight excluding hydrogens is 304 g/mol. The van der Waals surface area contributed by atoms with Crippen LogP contribution in [0.1, 0.15) is 38.7 Å². The predicted molar refractivity (Wildman–Crippen MR) is 92.3 cm³/mol. The van der Waals surface area contributed by atoms with Gasteiger partial charge in [0.2, 0.25) is 0 Å². The van der Waals surface area contributed by atoms with Crippen molar-refractivity contribution in [2.75, 3.05) is 26.2 Å². The lowest BCUT2D eigenvalue weighted by Gasteiger charge is -2.20. The van der Waals surface area contributed by atoms with E-state index in [4.69, 9.17) is 4.74 Å². The van der Waals surface area contributed by atoms with Gasteiger partial charge in [-0.05, 0) is 43.9 Å². The van der Waals surface area contributed by atoms with Gasteiger partial charge in [-0.25, -0.2) is 0 Å². The highest BCUT2D eigenvalue weighted by Crippen LogP contribution is 2.34. The van der Waals surface area contributed by atoms with Gasteiger partial charge < -0.3 is 9.64 Å². The van der Waals surface area contributed by atoms with E-state index in [0.29, 0.717) is 24.4 Å². The summed E-state index contributed by atoms with van der Waals surface area (Å²) in [6.07, 6.45) is 2.89. The molecule has 0 unspecified atom stereocenters. The fraction of sp³-hybridized carbons (Fsp3) is 0.474. The second kappa shape index (κ2) is 7.07. The molecule has 2 aliphatic rings. The van der Waals surface area contributed by atoms with E-state index in [-0.39, 0.29) is 11.8 Å². The molecule has 0 aromatic heterocycles. The summed E-state index contributed by atoms with van der Waals surface area (Å²) in [7, 11) is 0. The Morgan fingerprint density at radius 3 is 2.25 bits per heavy atom. The Morgan fingerprint density at radius 1 is 1.00 bits per heavy atom. The lowest BCUT2D eigenvalue weighted by Crippen LogP contribution is -2.35. The van der Waals surface area contributed by atoms with Gasteiger partial charge in [-0.1, -0.05) is 19.1 Å². The van der Waals surface area contributed by atoms with Gasteiger partial charge in [0.1, 0.15) is 11.4 Å². The van der Waals surface area contributed by atoms with Gasteiger partial charge in [0, 0.05) is 19.6 Å². The normalized spacial score (nSPS) is 18.1. The standard InChI is InChI=1S/C19H24N2O3/c1-3-11-21-18(22)16(14-7-9-15(10-8-14)24-4-2)17(19(21)23)20-12-5-6-13-20/h7-10H,3-6,11-13H2,1-2H3. The fourth-order valence-corrected chi connectivity index (χ4v) is 3.37. The zero-order chi connectivity index (χ0) is 17.1. The summed E-state index contributed by atoms with van der Waals surface area (Å²) in [5, 5.41) is 0. The van der Waals surface area contributed by atoms with E-state index in [1.54, 1.807) is 0 Å². The number of imide groups is 1. The maximum atomic E-state index is 12.9. The smallest absolute Gasteiger partial charge is 0.277 e. The minimum absolute atomic E-state index is 0.146. The largest absolute Gasteiger partial charge is 0.494 e. The van der Waals surface area contributed by atoms with Crippen LogP contribution in [0, 0.1) is 0 Å². The molecule has 1 aromatic carbocycles. The van der Waals surface area contributed by atoms with Gasteiger partial charge in [-0.2, -0.15) is 0 Å². The first-order chi connectivity index (χ1) is 11.7. The molecule has 1 fully saturated rings. The van der Waals surface area contributed by atoms with Crippen LogP contribution in [0.2, 0.25) is 0 Å². The molecule has 0 atom stereocenters. The summed E-state index contributed by atoms with van der Waals surface area (Å²) in [5.74, 6) is 0.451.